The number of aliphatic imine (C=N–C) groups is 1. The SMILES string of the molecule is CCOc1ccc(CNC(=NC)NCc2csc(N(C)C)n2)cc1F. The van der Waals surface area contributed by atoms with Crippen LogP contribution in [0, 0.1) is 5.82 Å². The number of ether oxygens (including phenoxy) is 1. The van der Waals surface area contributed by atoms with Gasteiger partial charge in [-0.15, -0.1) is 11.3 Å². The molecule has 1 aromatic carbocycles. The normalized spacial score (nSPS) is 11.3. The van der Waals surface area contributed by atoms with Crippen LogP contribution in [0.2, 0.25) is 0 Å². The molecule has 1 heterocycles. The molecule has 0 aliphatic heterocycles. The first-order chi connectivity index (χ1) is 12.0. The lowest BCUT2D eigenvalue weighted by Crippen LogP contribution is -2.36. The number of guanidine groups is 1. The van der Waals surface area contributed by atoms with Crippen molar-refractivity contribution in [1.82, 2.24) is 15.6 Å². The number of rotatable bonds is 7. The first kappa shape index (κ1) is 19.0. The average molecular weight is 365 g/mol. The van der Waals surface area contributed by atoms with Crippen molar-refractivity contribution >= 4 is 22.4 Å². The smallest absolute Gasteiger partial charge is 0.191 e. The second kappa shape index (κ2) is 9.22. The van der Waals surface area contributed by atoms with Crippen LogP contribution in [0.15, 0.2) is 28.6 Å². The van der Waals surface area contributed by atoms with E-state index in [1.165, 1.54) is 6.07 Å². The van der Waals surface area contributed by atoms with E-state index in [4.69, 9.17) is 4.74 Å². The molecule has 2 aromatic rings. The summed E-state index contributed by atoms with van der Waals surface area (Å²) in [7, 11) is 5.62. The second-order valence-corrected chi connectivity index (χ2v) is 6.33. The first-order valence-corrected chi connectivity index (χ1v) is 8.89. The molecule has 8 heteroatoms. The Morgan fingerprint density at radius 1 is 1.32 bits per heavy atom. The van der Waals surface area contributed by atoms with Crippen molar-refractivity contribution in [2.75, 3.05) is 32.6 Å². The summed E-state index contributed by atoms with van der Waals surface area (Å²) in [4.78, 5) is 10.7. The highest BCUT2D eigenvalue weighted by Gasteiger charge is 2.07. The Labute approximate surface area is 151 Å². The van der Waals surface area contributed by atoms with Crippen molar-refractivity contribution in [1.29, 1.82) is 0 Å². The van der Waals surface area contributed by atoms with Gasteiger partial charge in [0.1, 0.15) is 0 Å². The Hall–Kier alpha value is -2.35. The molecule has 0 saturated heterocycles. The Morgan fingerprint density at radius 2 is 2.08 bits per heavy atom. The lowest BCUT2D eigenvalue weighted by atomic mass is 10.2. The third-order valence-corrected chi connectivity index (χ3v) is 4.40. The van der Waals surface area contributed by atoms with Crippen LogP contribution >= 0.6 is 11.3 Å². The van der Waals surface area contributed by atoms with Gasteiger partial charge in [-0.1, -0.05) is 6.07 Å². The molecular weight excluding hydrogens is 341 g/mol. The number of thiazole rings is 1. The molecule has 0 bridgehead atoms. The van der Waals surface area contributed by atoms with E-state index < -0.39 is 0 Å². The summed E-state index contributed by atoms with van der Waals surface area (Å²) >= 11 is 1.60. The lowest BCUT2D eigenvalue weighted by Gasteiger charge is -2.12. The molecule has 0 aliphatic carbocycles. The van der Waals surface area contributed by atoms with Gasteiger partial charge >= 0.3 is 0 Å². The minimum atomic E-state index is -0.359. The second-order valence-electron chi connectivity index (χ2n) is 5.49. The molecule has 0 amide bonds. The summed E-state index contributed by atoms with van der Waals surface area (Å²) in [5.41, 5.74) is 1.76. The zero-order valence-corrected chi connectivity index (χ0v) is 15.8. The molecule has 2 rings (SSSR count). The Bertz CT molecular complexity index is 717. The Kier molecular flexibility index (Phi) is 7.00. The standard InChI is InChI=1S/C17H24FN5OS/c1-5-24-15-7-6-12(8-14(15)18)9-20-16(19-2)21-10-13-11-25-17(22-13)23(3)4/h6-8,11H,5,9-10H2,1-4H3,(H2,19,20,21). The minimum absolute atomic E-state index is 0.272. The third-order valence-electron chi connectivity index (χ3n) is 3.34. The number of anilines is 1. The highest BCUT2D eigenvalue weighted by molar-refractivity contribution is 7.13. The van der Waals surface area contributed by atoms with Gasteiger partial charge in [0.15, 0.2) is 22.7 Å². The van der Waals surface area contributed by atoms with Crippen LogP contribution in [0.25, 0.3) is 0 Å². The van der Waals surface area contributed by atoms with Gasteiger partial charge in [-0.3, -0.25) is 4.99 Å². The number of hydrogen-bond acceptors (Lipinski definition) is 5. The van der Waals surface area contributed by atoms with E-state index in [0.717, 1.165) is 16.4 Å². The summed E-state index contributed by atoms with van der Waals surface area (Å²) in [6, 6.07) is 4.94. The zero-order chi connectivity index (χ0) is 18.2. The van der Waals surface area contributed by atoms with Crippen molar-refractivity contribution in [2.45, 2.75) is 20.0 Å². The predicted molar refractivity (Wildman–Crippen MR) is 101 cm³/mol. The molecule has 0 unspecified atom stereocenters. The summed E-state index contributed by atoms with van der Waals surface area (Å²) in [5.74, 6) is 0.547. The lowest BCUT2D eigenvalue weighted by molar-refractivity contribution is 0.321. The van der Waals surface area contributed by atoms with Crippen molar-refractivity contribution in [2.24, 2.45) is 4.99 Å². The molecule has 25 heavy (non-hydrogen) atoms. The molecular formula is C17H24FN5OS. The molecule has 6 nitrogen and oxygen atoms in total. The minimum Gasteiger partial charge on any atom is -0.491 e. The summed E-state index contributed by atoms with van der Waals surface area (Å²) < 4.78 is 19.1. The Morgan fingerprint density at radius 3 is 2.68 bits per heavy atom. The Balaban J connectivity index is 1.86. The van der Waals surface area contributed by atoms with Crippen LogP contribution in [-0.2, 0) is 13.1 Å². The van der Waals surface area contributed by atoms with Crippen LogP contribution in [0.3, 0.4) is 0 Å². The molecule has 0 atom stereocenters. The van der Waals surface area contributed by atoms with Crippen LogP contribution < -0.4 is 20.3 Å². The molecule has 0 radical (unpaired) electrons. The van der Waals surface area contributed by atoms with Crippen molar-refractivity contribution in [3.63, 3.8) is 0 Å². The fraction of sp³-hybridized carbons (Fsp3) is 0.412. The highest BCUT2D eigenvalue weighted by atomic mass is 32.1. The summed E-state index contributed by atoms with van der Waals surface area (Å²) in [6.45, 7) is 3.30. The van der Waals surface area contributed by atoms with Gasteiger partial charge in [0, 0.05) is 33.1 Å². The van der Waals surface area contributed by atoms with Crippen molar-refractivity contribution in [3.8, 4) is 5.75 Å². The van der Waals surface area contributed by atoms with E-state index >= 15 is 0 Å². The van der Waals surface area contributed by atoms with Gasteiger partial charge in [0.05, 0.1) is 18.8 Å². The van der Waals surface area contributed by atoms with E-state index in [9.17, 15) is 4.39 Å². The van der Waals surface area contributed by atoms with Gasteiger partial charge in [0.25, 0.3) is 0 Å². The predicted octanol–water partition coefficient (Wildman–Crippen LogP) is 2.61. The maximum absolute atomic E-state index is 13.9. The van der Waals surface area contributed by atoms with Crippen LogP contribution in [-0.4, -0.2) is 38.7 Å². The fourth-order valence-corrected chi connectivity index (χ4v) is 2.85. The molecule has 136 valence electrons. The van der Waals surface area contributed by atoms with Gasteiger partial charge in [0.2, 0.25) is 0 Å². The van der Waals surface area contributed by atoms with Crippen LogP contribution in [0.5, 0.6) is 5.75 Å². The number of nitrogens with zero attached hydrogens (tertiary/aromatic N) is 3. The molecule has 0 aliphatic rings. The number of nitrogens with one attached hydrogen (secondary N) is 2. The van der Waals surface area contributed by atoms with Crippen LogP contribution in [0.4, 0.5) is 9.52 Å². The van der Waals surface area contributed by atoms with Crippen LogP contribution in [0.1, 0.15) is 18.2 Å². The number of benzene rings is 1. The van der Waals surface area contributed by atoms with E-state index in [1.807, 2.05) is 37.4 Å². The highest BCUT2D eigenvalue weighted by Crippen LogP contribution is 2.18. The molecule has 1 aromatic heterocycles. The molecule has 0 saturated carbocycles. The maximum Gasteiger partial charge on any atom is 0.191 e. The molecule has 2 N–H and O–H groups in total. The maximum atomic E-state index is 13.9. The third kappa shape index (κ3) is 5.60. The summed E-state index contributed by atoms with van der Waals surface area (Å²) in [5, 5.41) is 9.34. The van der Waals surface area contributed by atoms with Gasteiger partial charge in [-0.05, 0) is 24.6 Å². The number of aromatic nitrogens is 1. The van der Waals surface area contributed by atoms with E-state index in [-0.39, 0.29) is 11.6 Å². The molecule has 0 fully saturated rings. The van der Waals surface area contributed by atoms with E-state index in [1.54, 1.807) is 24.5 Å². The average Bonchev–Trinajstić information content (AvgIpc) is 3.07. The zero-order valence-electron chi connectivity index (χ0n) is 15.0. The van der Waals surface area contributed by atoms with E-state index in [0.29, 0.717) is 25.7 Å². The van der Waals surface area contributed by atoms with Gasteiger partial charge in [-0.2, -0.15) is 0 Å². The van der Waals surface area contributed by atoms with Crippen molar-refractivity contribution < 1.29 is 9.13 Å². The first-order valence-electron chi connectivity index (χ1n) is 8.01. The molecule has 0 spiro atoms. The monoisotopic (exact) mass is 365 g/mol. The van der Waals surface area contributed by atoms with Crippen molar-refractivity contribution in [3.05, 3.63) is 40.7 Å². The topological polar surface area (TPSA) is 61.8 Å². The van der Waals surface area contributed by atoms with Gasteiger partial charge in [-0.25, -0.2) is 9.37 Å². The fourth-order valence-electron chi connectivity index (χ4n) is 2.09. The number of hydrogen-bond donors (Lipinski definition) is 2. The quantitative estimate of drug-likeness (QED) is 0.583. The number of halogens is 1. The van der Waals surface area contributed by atoms with Gasteiger partial charge < -0.3 is 20.3 Å². The van der Waals surface area contributed by atoms with E-state index in [2.05, 4.69) is 20.6 Å². The summed E-state index contributed by atoms with van der Waals surface area (Å²) in [6.07, 6.45) is 0. The largest absolute Gasteiger partial charge is 0.491 e.